The number of hydrogen-bond acceptors (Lipinski definition) is 2. The van der Waals surface area contributed by atoms with Crippen molar-refractivity contribution in [3.63, 3.8) is 0 Å². The van der Waals surface area contributed by atoms with Crippen LogP contribution in [0.4, 0.5) is 0 Å². The van der Waals surface area contributed by atoms with E-state index >= 15 is 0 Å². The van der Waals surface area contributed by atoms with Gasteiger partial charge in [0.2, 0.25) is 11.8 Å². The maximum absolute atomic E-state index is 11.7. The molecule has 18 heavy (non-hydrogen) atoms. The molecule has 0 bridgehead atoms. The minimum Gasteiger partial charge on any atom is -0.355 e. The second-order valence-corrected chi connectivity index (χ2v) is 6.16. The Morgan fingerprint density at radius 2 is 1.72 bits per heavy atom. The number of amides is 2. The van der Waals surface area contributed by atoms with E-state index in [9.17, 15) is 9.59 Å². The third kappa shape index (κ3) is 5.52. The predicted octanol–water partition coefficient (Wildman–Crippen LogP) is 1.99. The Morgan fingerprint density at radius 3 is 2.28 bits per heavy atom. The monoisotopic (exact) mass is 254 g/mol. The van der Waals surface area contributed by atoms with Crippen LogP contribution in [0.2, 0.25) is 0 Å². The Hall–Kier alpha value is -1.06. The van der Waals surface area contributed by atoms with Crippen LogP contribution in [0.5, 0.6) is 0 Å². The van der Waals surface area contributed by atoms with Crippen molar-refractivity contribution in [1.29, 1.82) is 0 Å². The summed E-state index contributed by atoms with van der Waals surface area (Å²) >= 11 is 0. The molecule has 0 aromatic heterocycles. The average Bonchev–Trinajstić information content (AvgIpc) is 2.28. The van der Waals surface area contributed by atoms with Crippen molar-refractivity contribution >= 4 is 11.8 Å². The zero-order valence-electron chi connectivity index (χ0n) is 11.8. The van der Waals surface area contributed by atoms with E-state index in [1.54, 1.807) is 0 Å². The number of hydrogen-bond donors (Lipinski definition) is 2. The third-order valence-corrected chi connectivity index (χ3v) is 3.29. The molecular formula is C14H26N2O2. The lowest BCUT2D eigenvalue weighted by Gasteiger charge is -2.23. The lowest BCUT2D eigenvalue weighted by molar-refractivity contribution is -0.128. The molecule has 2 N–H and O–H groups in total. The SMILES string of the molecule is CC(C)(C)C(=O)NCCC(=O)NC1CCCCC1. The van der Waals surface area contributed by atoms with Crippen molar-refractivity contribution in [3.05, 3.63) is 0 Å². The molecule has 4 heteroatoms. The molecule has 1 aliphatic rings. The van der Waals surface area contributed by atoms with E-state index in [2.05, 4.69) is 10.6 Å². The first-order valence-corrected chi connectivity index (χ1v) is 6.97. The topological polar surface area (TPSA) is 58.2 Å². The summed E-state index contributed by atoms with van der Waals surface area (Å²) in [5.41, 5.74) is -0.389. The second-order valence-electron chi connectivity index (χ2n) is 6.16. The molecule has 0 unspecified atom stereocenters. The second kappa shape index (κ2) is 6.76. The fourth-order valence-corrected chi connectivity index (χ4v) is 2.10. The summed E-state index contributed by atoms with van der Waals surface area (Å²) in [6.07, 6.45) is 6.28. The fourth-order valence-electron chi connectivity index (χ4n) is 2.10. The number of rotatable bonds is 4. The fraction of sp³-hybridized carbons (Fsp3) is 0.857. The molecule has 1 aliphatic carbocycles. The normalized spacial score (nSPS) is 17.3. The van der Waals surface area contributed by atoms with Gasteiger partial charge in [-0.15, -0.1) is 0 Å². The third-order valence-electron chi connectivity index (χ3n) is 3.29. The Morgan fingerprint density at radius 1 is 1.11 bits per heavy atom. The lowest BCUT2D eigenvalue weighted by atomic mass is 9.95. The lowest BCUT2D eigenvalue weighted by Crippen LogP contribution is -2.40. The van der Waals surface area contributed by atoms with Crippen LogP contribution in [0.3, 0.4) is 0 Å². The molecule has 0 aromatic carbocycles. The van der Waals surface area contributed by atoms with Crippen LogP contribution in [0.1, 0.15) is 59.3 Å². The Labute approximate surface area is 110 Å². The van der Waals surface area contributed by atoms with Gasteiger partial charge in [0, 0.05) is 24.4 Å². The molecule has 0 atom stereocenters. The molecule has 0 heterocycles. The molecule has 104 valence electrons. The average molecular weight is 254 g/mol. The van der Waals surface area contributed by atoms with Gasteiger partial charge >= 0.3 is 0 Å². The van der Waals surface area contributed by atoms with Gasteiger partial charge in [0.1, 0.15) is 0 Å². The summed E-state index contributed by atoms with van der Waals surface area (Å²) in [5, 5.41) is 5.83. The Kier molecular flexibility index (Phi) is 5.63. The molecule has 1 saturated carbocycles. The quantitative estimate of drug-likeness (QED) is 0.806. The van der Waals surface area contributed by atoms with E-state index in [0.717, 1.165) is 12.8 Å². The van der Waals surface area contributed by atoms with Gasteiger partial charge < -0.3 is 10.6 Å². The molecule has 0 saturated heterocycles. The van der Waals surface area contributed by atoms with Crippen molar-refractivity contribution in [1.82, 2.24) is 10.6 Å². The summed E-state index contributed by atoms with van der Waals surface area (Å²) < 4.78 is 0. The number of nitrogens with one attached hydrogen (secondary N) is 2. The van der Waals surface area contributed by atoms with Crippen LogP contribution in [0.15, 0.2) is 0 Å². The van der Waals surface area contributed by atoms with E-state index in [1.165, 1.54) is 19.3 Å². The molecule has 0 radical (unpaired) electrons. The number of carbonyl (C=O) groups is 2. The largest absolute Gasteiger partial charge is 0.355 e. The van der Waals surface area contributed by atoms with Crippen molar-refractivity contribution in [2.45, 2.75) is 65.3 Å². The van der Waals surface area contributed by atoms with E-state index in [0.29, 0.717) is 19.0 Å². The molecule has 0 spiro atoms. The predicted molar refractivity (Wildman–Crippen MR) is 72.1 cm³/mol. The minimum absolute atomic E-state index is 0.00651. The maximum atomic E-state index is 11.7. The van der Waals surface area contributed by atoms with Gasteiger partial charge in [0.05, 0.1) is 0 Å². The minimum atomic E-state index is -0.389. The summed E-state index contributed by atoms with van der Waals surface area (Å²) in [6, 6.07) is 0.351. The molecule has 0 aromatic rings. The molecule has 2 amide bonds. The standard InChI is InChI=1S/C14H26N2O2/c1-14(2,3)13(18)15-10-9-12(17)16-11-7-5-4-6-8-11/h11H,4-10H2,1-3H3,(H,15,18)(H,16,17). The van der Waals surface area contributed by atoms with Crippen molar-refractivity contribution < 1.29 is 9.59 Å². The van der Waals surface area contributed by atoms with Crippen molar-refractivity contribution in [2.24, 2.45) is 5.41 Å². The van der Waals surface area contributed by atoms with Gasteiger partial charge in [0.15, 0.2) is 0 Å². The smallest absolute Gasteiger partial charge is 0.225 e. The first kappa shape index (κ1) is 15.0. The van der Waals surface area contributed by atoms with Gasteiger partial charge in [-0.25, -0.2) is 0 Å². The highest BCUT2D eigenvalue weighted by atomic mass is 16.2. The van der Waals surface area contributed by atoms with Crippen LogP contribution in [0, 0.1) is 5.41 Å². The molecular weight excluding hydrogens is 228 g/mol. The summed E-state index contributed by atoms with van der Waals surface area (Å²) in [5.74, 6) is 0.0454. The van der Waals surface area contributed by atoms with Gasteiger partial charge in [-0.3, -0.25) is 9.59 Å². The highest BCUT2D eigenvalue weighted by Crippen LogP contribution is 2.17. The van der Waals surface area contributed by atoms with Crippen molar-refractivity contribution in [3.8, 4) is 0 Å². The Bertz CT molecular complexity index is 289. The molecule has 4 nitrogen and oxygen atoms in total. The zero-order chi connectivity index (χ0) is 13.6. The zero-order valence-corrected chi connectivity index (χ0v) is 11.8. The van der Waals surface area contributed by atoms with Crippen molar-refractivity contribution in [2.75, 3.05) is 6.54 Å². The van der Waals surface area contributed by atoms with Crippen LogP contribution >= 0.6 is 0 Å². The Balaban J connectivity index is 2.15. The number of carbonyl (C=O) groups excluding carboxylic acids is 2. The van der Waals surface area contributed by atoms with Crippen LogP contribution in [0.25, 0.3) is 0 Å². The molecule has 1 rings (SSSR count). The van der Waals surface area contributed by atoms with E-state index in [1.807, 2.05) is 20.8 Å². The van der Waals surface area contributed by atoms with Gasteiger partial charge in [0.25, 0.3) is 0 Å². The molecule has 0 aliphatic heterocycles. The van der Waals surface area contributed by atoms with Crippen LogP contribution in [-0.4, -0.2) is 24.4 Å². The van der Waals surface area contributed by atoms with Gasteiger partial charge in [-0.1, -0.05) is 40.0 Å². The maximum Gasteiger partial charge on any atom is 0.225 e. The molecule has 1 fully saturated rings. The highest BCUT2D eigenvalue weighted by Gasteiger charge is 2.21. The van der Waals surface area contributed by atoms with Crippen LogP contribution < -0.4 is 10.6 Å². The van der Waals surface area contributed by atoms with Gasteiger partial charge in [-0.2, -0.15) is 0 Å². The first-order valence-electron chi connectivity index (χ1n) is 6.97. The van der Waals surface area contributed by atoms with Crippen LogP contribution in [-0.2, 0) is 9.59 Å². The van der Waals surface area contributed by atoms with E-state index in [-0.39, 0.29) is 17.2 Å². The van der Waals surface area contributed by atoms with Gasteiger partial charge in [-0.05, 0) is 12.8 Å². The highest BCUT2D eigenvalue weighted by molar-refractivity contribution is 5.82. The van der Waals surface area contributed by atoms with E-state index in [4.69, 9.17) is 0 Å². The summed E-state index contributed by atoms with van der Waals surface area (Å²) in [6.45, 7) is 6.02. The summed E-state index contributed by atoms with van der Waals surface area (Å²) in [4.78, 5) is 23.3. The van der Waals surface area contributed by atoms with E-state index < -0.39 is 0 Å². The first-order chi connectivity index (χ1) is 8.39. The summed E-state index contributed by atoms with van der Waals surface area (Å²) in [7, 11) is 0.